The van der Waals surface area contributed by atoms with Crippen LogP contribution in [0.25, 0.3) is 11.4 Å². The first kappa shape index (κ1) is 23.9. The lowest BCUT2D eigenvalue weighted by atomic mass is 10.0. The summed E-state index contributed by atoms with van der Waals surface area (Å²) in [7, 11) is -4.08. The van der Waals surface area contributed by atoms with Gasteiger partial charge in [0, 0.05) is 24.3 Å². The van der Waals surface area contributed by atoms with Crippen molar-refractivity contribution in [2.45, 2.75) is 24.8 Å². The minimum atomic E-state index is -4.08. The maximum atomic E-state index is 14.5. The number of sulfonamides is 1. The number of nitrogens with one attached hydrogen (secondary N) is 1. The third kappa shape index (κ3) is 4.98. The highest BCUT2D eigenvalue weighted by Crippen LogP contribution is 2.26. The Labute approximate surface area is 196 Å². The molecule has 1 amide bonds. The molecule has 1 aliphatic heterocycles. The van der Waals surface area contributed by atoms with Crippen molar-refractivity contribution >= 4 is 21.6 Å². The van der Waals surface area contributed by atoms with Crippen LogP contribution in [-0.2, 0) is 19.6 Å². The van der Waals surface area contributed by atoms with Gasteiger partial charge >= 0.3 is 0 Å². The van der Waals surface area contributed by atoms with E-state index >= 15 is 0 Å². The number of anilines is 1. The van der Waals surface area contributed by atoms with Gasteiger partial charge in [0.1, 0.15) is 10.7 Å². The van der Waals surface area contributed by atoms with Gasteiger partial charge in [0.2, 0.25) is 15.8 Å². The van der Waals surface area contributed by atoms with Gasteiger partial charge in [-0.1, -0.05) is 44.2 Å². The lowest BCUT2D eigenvalue weighted by Gasteiger charge is -2.26. The second-order valence-corrected chi connectivity index (χ2v) is 10.0. The second-order valence-electron chi connectivity index (χ2n) is 8.14. The summed E-state index contributed by atoms with van der Waals surface area (Å²) in [5.41, 5.74) is 0.903. The third-order valence-corrected chi connectivity index (χ3v) is 7.31. The molecule has 2 heterocycles. The maximum Gasteiger partial charge on any atom is 0.251 e. The number of carbonyl (C=O) groups is 1. The van der Waals surface area contributed by atoms with Gasteiger partial charge in [-0.2, -0.15) is 9.10 Å². The molecule has 4 rings (SSSR count). The fourth-order valence-electron chi connectivity index (χ4n) is 3.64. The predicted molar refractivity (Wildman–Crippen MR) is 122 cm³/mol. The predicted octanol–water partition coefficient (Wildman–Crippen LogP) is 2.34. The van der Waals surface area contributed by atoms with Crippen LogP contribution in [0.4, 0.5) is 10.1 Å². The van der Waals surface area contributed by atoms with Crippen LogP contribution in [-0.4, -0.2) is 65.1 Å². The summed E-state index contributed by atoms with van der Waals surface area (Å²) in [5.74, 6) is -1.21. The number of morpholine rings is 1. The third-order valence-electron chi connectivity index (χ3n) is 5.40. The van der Waals surface area contributed by atoms with Crippen molar-refractivity contribution in [3.05, 3.63) is 54.3 Å². The van der Waals surface area contributed by atoms with E-state index in [1.165, 1.54) is 15.2 Å². The number of nitrogens with zero attached hydrogens (tertiary/aromatic N) is 5. The highest BCUT2D eigenvalue weighted by Gasteiger charge is 2.31. The van der Waals surface area contributed by atoms with Crippen molar-refractivity contribution in [3.63, 3.8) is 0 Å². The van der Waals surface area contributed by atoms with Gasteiger partial charge in [0.05, 0.1) is 13.2 Å². The number of ether oxygens (including phenoxy) is 1. The summed E-state index contributed by atoms with van der Waals surface area (Å²) in [6.45, 7) is 4.40. The van der Waals surface area contributed by atoms with E-state index in [1.54, 1.807) is 0 Å². The monoisotopic (exact) mass is 488 g/mol. The molecule has 0 radical (unpaired) electrons. The molecule has 1 unspecified atom stereocenters. The number of halogens is 1. The van der Waals surface area contributed by atoms with Gasteiger partial charge in [0.25, 0.3) is 5.91 Å². The molecule has 0 spiro atoms. The Morgan fingerprint density at radius 1 is 1.12 bits per heavy atom. The van der Waals surface area contributed by atoms with Crippen LogP contribution in [0, 0.1) is 11.7 Å². The molecular formula is C22H25FN6O4S. The molecule has 1 aliphatic rings. The molecule has 0 saturated carbocycles. The first-order valence-corrected chi connectivity index (χ1v) is 12.2. The van der Waals surface area contributed by atoms with Crippen molar-refractivity contribution in [1.82, 2.24) is 24.5 Å². The van der Waals surface area contributed by atoms with E-state index in [2.05, 4.69) is 20.7 Å². The minimum Gasteiger partial charge on any atom is -0.379 e. The van der Waals surface area contributed by atoms with Gasteiger partial charge in [-0.15, -0.1) is 10.2 Å². The van der Waals surface area contributed by atoms with E-state index < -0.39 is 32.7 Å². The Bertz CT molecular complexity index is 1260. The summed E-state index contributed by atoms with van der Waals surface area (Å²) < 4.78 is 46.7. The molecular weight excluding hydrogens is 463 g/mol. The van der Waals surface area contributed by atoms with Crippen LogP contribution in [0.1, 0.15) is 19.9 Å². The van der Waals surface area contributed by atoms with Crippen molar-refractivity contribution in [1.29, 1.82) is 0 Å². The molecule has 2 aromatic carbocycles. The van der Waals surface area contributed by atoms with Crippen LogP contribution in [0.2, 0.25) is 0 Å². The Kier molecular flexibility index (Phi) is 7.00. The van der Waals surface area contributed by atoms with Crippen LogP contribution >= 0.6 is 0 Å². The van der Waals surface area contributed by atoms with Gasteiger partial charge in [-0.25, -0.2) is 12.8 Å². The van der Waals surface area contributed by atoms with E-state index in [0.29, 0.717) is 5.82 Å². The number of benzene rings is 2. The molecule has 1 aromatic heterocycles. The second kappa shape index (κ2) is 9.95. The quantitative estimate of drug-likeness (QED) is 0.542. The van der Waals surface area contributed by atoms with Crippen molar-refractivity contribution in [3.8, 4) is 11.4 Å². The molecule has 1 fully saturated rings. The molecule has 3 aromatic rings. The molecule has 34 heavy (non-hydrogen) atoms. The number of amides is 1. The number of carbonyl (C=O) groups excluding carboxylic acids is 1. The van der Waals surface area contributed by atoms with E-state index in [0.717, 1.165) is 17.7 Å². The van der Waals surface area contributed by atoms with E-state index in [4.69, 9.17) is 4.74 Å². The molecule has 0 bridgehead atoms. The fourth-order valence-corrected chi connectivity index (χ4v) is 5.14. The Balaban J connectivity index is 1.57. The molecule has 1 saturated heterocycles. The Morgan fingerprint density at radius 3 is 2.50 bits per heavy atom. The molecule has 1 N–H and O–H groups in total. The summed E-state index contributed by atoms with van der Waals surface area (Å²) in [6, 6.07) is 11.9. The summed E-state index contributed by atoms with van der Waals surface area (Å²) >= 11 is 0. The average Bonchev–Trinajstić information content (AvgIpc) is 3.30. The van der Waals surface area contributed by atoms with Crippen LogP contribution < -0.4 is 5.32 Å². The zero-order valence-electron chi connectivity index (χ0n) is 18.8. The lowest BCUT2D eigenvalue weighted by molar-refractivity contribution is -0.121. The largest absolute Gasteiger partial charge is 0.379 e. The molecule has 12 heteroatoms. The summed E-state index contributed by atoms with van der Waals surface area (Å²) in [5, 5.41) is 15.1. The number of hydrogen-bond donors (Lipinski definition) is 1. The van der Waals surface area contributed by atoms with E-state index in [1.807, 2.05) is 44.2 Å². The first-order chi connectivity index (χ1) is 16.3. The molecule has 180 valence electrons. The number of hydrogen-bond acceptors (Lipinski definition) is 7. The lowest BCUT2D eigenvalue weighted by Crippen LogP contribution is -2.41. The SMILES string of the molecule is CC(C)C(C(=O)Nc1ccc(F)c(S(=O)(=O)N2CCOCC2)c1)n1nnc(-c2ccccc2)n1. The molecule has 10 nitrogen and oxygen atoms in total. The zero-order chi connectivity index (χ0) is 24.3. The maximum absolute atomic E-state index is 14.5. The van der Waals surface area contributed by atoms with E-state index in [9.17, 15) is 17.6 Å². The number of rotatable bonds is 7. The molecule has 1 atom stereocenters. The molecule has 0 aliphatic carbocycles. The summed E-state index contributed by atoms with van der Waals surface area (Å²) in [4.78, 5) is 13.9. The van der Waals surface area contributed by atoms with Gasteiger partial charge in [-0.05, 0) is 29.3 Å². The van der Waals surface area contributed by atoms with Crippen molar-refractivity contribution in [2.75, 3.05) is 31.6 Å². The average molecular weight is 489 g/mol. The zero-order valence-corrected chi connectivity index (χ0v) is 19.6. The first-order valence-electron chi connectivity index (χ1n) is 10.8. The van der Waals surface area contributed by atoms with Gasteiger partial charge < -0.3 is 10.1 Å². The number of tetrazole rings is 1. The van der Waals surface area contributed by atoms with E-state index in [-0.39, 0.29) is 37.9 Å². The van der Waals surface area contributed by atoms with Gasteiger partial charge in [-0.3, -0.25) is 4.79 Å². The minimum absolute atomic E-state index is 0.134. The Hall–Kier alpha value is -3.22. The fraction of sp³-hybridized carbons (Fsp3) is 0.364. The van der Waals surface area contributed by atoms with Crippen molar-refractivity contribution < 1.29 is 22.3 Å². The normalized spacial score (nSPS) is 15.9. The Morgan fingerprint density at radius 2 is 1.82 bits per heavy atom. The van der Waals surface area contributed by atoms with Crippen molar-refractivity contribution in [2.24, 2.45) is 5.92 Å². The smallest absolute Gasteiger partial charge is 0.251 e. The highest BCUT2D eigenvalue weighted by atomic mass is 32.2. The van der Waals surface area contributed by atoms with Crippen LogP contribution in [0.15, 0.2) is 53.4 Å². The standard InChI is InChI=1S/C22H25FN6O4S/c1-15(2)20(29-26-21(25-27-29)16-6-4-3-5-7-16)22(30)24-17-8-9-18(23)19(14-17)34(31,32)28-10-12-33-13-11-28/h3-9,14-15,20H,10-13H2,1-2H3,(H,24,30). The number of aromatic nitrogens is 4. The topological polar surface area (TPSA) is 119 Å². The van der Waals surface area contributed by atoms with Gasteiger partial charge in [0.15, 0.2) is 6.04 Å². The van der Waals surface area contributed by atoms with Crippen LogP contribution in [0.3, 0.4) is 0 Å². The van der Waals surface area contributed by atoms with Crippen LogP contribution in [0.5, 0.6) is 0 Å². The summed E-state index contributed by atoms with van der Waals surface area (Å²) in [6.07, 6.45) is 0. The highest BCUT2D eigenvalue weighted by molar-refractivity contribution is 7.89.